The largest absolute Gasteiger partial charge is 0.478 e. The lowest BCUT2D eigenvalue weighted by molar-refractivity contribution is -0.134. The van der Waals surface area contributed by atoms with Gasteiger partial charge in [0.1, 0.15) is 0 Å². The Labute approximate surface area is 179 Å². The molecule has 0 aromatic rings. The molecule has 0 radical (unpaired) electrons. The van der Waals surface area contributed by atoms with Crippen LogP contribution in [0.4, 0.5) is 0 Å². The van der Waals surface area contributed by atoms with Crippen LogP contribution in [0.1, 0.15) is 77.0 Å². The number of nitrogens with two attached hydrogens (primary N) is 2. The first-order valence-corrected chi connectivity index (χ1v) is 11.8. The van der Waals surface area contributed by atoms with Crippen LogP contribution in [0, 0.1) is 35.5 Å². The van der Waals surface area contributed by atoms with Gasteiger partial charge in [-0.3, -0.25) is 0 Å². The molecule has 0 unspecified atom stereocenters. The standard InChI is InChI=1S/2C10H17N.C4H4O4/c2*11-10-4-7-1-8(5-10)3-9(2-7)6-10;5-3(6)1-2-4(7)8/h2*7-9H,1-6,11H2;1-2H,(H,5,6)(H,7,8)/b;;2-1-. The van der Waals surface area contributed by atoms with E-state index < -0.39 is 11.9 Å². The number of carboxylic acids is 2. The lowest BCUT2D eigenvalue weighted by Crippen LogP contribution is -2.55. The Hall–Kier alpha value is -1.40. The third kappa shape index (κ3) is 5.25. The fourth-order valence-electron chi connectivity index (χ4n) is 8.50. The summed E-state index contributed by atoms with van der Waals surface area (Å²) in [6.07, 6.45) is 18.3. The summed E-state index contributed by atoms with van der Waals surface area (Å²) >= 11 is 0. The lowest BCUT2D eigenvalue weighted by atomic mass is 9.53. The summed E-state index contributed by atoms with van der Waals surface area (Å²) in [4.78, 5) is 19.1. The van der Waals surface area contributed by atoms with E-state index >= 15 is 0 Å². The molecular weight excluding hydrogens is 380 g/mol. The number of carbonyl (C=O) groups is 2. The van der Waals surface area contributed by atoms with Gasteiger partial charge in [-0.05, 0) is 113 Å². The average Bonchev–Trinajstić information content (AvgIpc) is 2.56. The van der Waals surface area contributed by atoms with Crippen molar-refractivity contribution in [1.82, 2.24) is 0 Å². The van der Waals surface area contributed by atoms with Crippen LogP contribution in [0.5, 0.6) is 0 Å². The maximum Gasteiger partial charge on any atom is 0.328 e. The fraction of sp³-hybridized carbons (Fsp3) is 0.833. The zero-order valence-electron chi connectivity index (χ0n) is 18.0. The van der Waals surface area contributed by atoms with Gasteiger partial charge >= 0.3 is 11.9 Å². The third-order valence-electron chi connectivity index (χ3n) is 8.54. The number of rotatable bonds is 2. The summed E-state index contributed by atoms with van der Waals surface area (Å²) in [6.45, 7) is 0. The molecule has 6 N–H and O–H groups in total. The van der Waals surface area contributed by atoms with Crippen LogP contribution in [-0.4, -0.2) is 33.2 Å². The molecule has 168 valence electrons. The van der Waals surface area contributed by atoms with E-state index in [1.807, 2.05) is 0 Å². The summed E-state index contributed by atoms with van der Waals surface area (Å²) in [7, 11) is 0. The van der Waals surface area contributed by atoms with Gasteiger partial charge in [0, 0.05) is 23.2 Å². The van der Waals surface area contributed by atoms with Crippen molar-refractivity contribution in [1.29, 1.82) is 0 Å². The smallest absolute Gasteiger partial charge is 0.328 e. The summed E-state index contributed by atoms with van der Waals surface area (Å²) in [5, 5.41) is 15.6. The van der Waals surface area contributed by atoms with Crippen molar-refractivity contribution in [3.63, 3.8) is 0 Å². The topological polar surface area (TPSA) is 127 Å². The lowest BCUT2D eigenvalue weighted by Gasteiger charge is -2.55. The second kappa shape index (κ2) is 8.27. The van der Waals surface area contributed by atoms with Crippen LogP contribution < -0.4 is 11.5 Å². The van der Waals surface area contributed by atoms with Crippen molar-refractivity contribution >= 4 is 11.9 Å². The van der Waals surface area contributed by atoms with Crippen molar-refractivity contribution in [3.8, 4) is 0 Å². The number of carboxylic acid groups (broad SMARTS) is 2. The molecule has 8 bridgehead atoms. The second-order valence-electron chi connectivity index (χ2n) is 11.6. The molecule has 0 aromatic heterocycles. The normalized spacial score (nSPS) is 46.7. The van der Waals surface area contributed by atoms with Gasteiger partial charge in [-0.2, -0.15) is 0 Å². The van der Waals surface area contributed by atoms with E-state index in [4.69, 9.17) is 21.7 Å². The minimum absolute atomic E-state index is 0.300. The molecule has 0 amide bonds. The van der Waals surface area contributed by atoms with Crippen molar-refractivity contribution in [2.75, 3.05) is 0 Å². The van der Waals surface area contributed by atoms with E-state index in [9.17, 15) is 9.59 Å². The van der Waals surface area contributed by atoms with Crippen molar-refractivity contribution in [2.24, 2.45) is 47.0 Å². The SMILES string of the molecule is NC12CC3CC(CC(C3)C1)C2.NC12CC3CC(CC(C3)C1)C2.O=C(O)/C=C\C(=O)O. The minimum Gasteiger partial charge on any atom is -0.478 e. The Bertz CT molecular complexity index is 573. The van der Waals surface area contributed by atoms with Gasteiger partial charge in [0.05, 0.1) is 0 Å². The molecular formula is C24H38N2O4. The first kappa shape index (κ1) is 21.8. The molecule has 8 rings (SSSR count). The third-order valence-corrected chi connectivity index (χ3v) is 8.54. The summed E-state index contributed by atoms with van der Waals surface area (Å²) < 4.78 is 0. The highest BCUT2D eigenvalue weighted by molar-refractivity contribution is 5.89. The molecule has 6 heteroatoms. The van der Waals surface area contributed by atoms with Crippen LogP contribution in [-0.2, 0) is 9.59 Å². The van der Waals surface area contributed by atoms with Crippen molar-refractivity contribution < 1.29 is 19.8 Å². The van der Waals surface area contributed by atoms with E-state index in [0.717, 1.165) is 35.5 Å². The first-order chi connectivity index (χ1) is 14.1. The van der Waals surface area contributed by atoms with E-state index in [1.165, 1.54) is 77.0 Å². The monoisotopic (exact) mass is 418 g/mol. The molecule has 0 saturated heterocycles. The zero-order chi connectivity index (χ0) is 21.5. The van der Waals surface area contributed by atoms with Crippen molar-refractivity contribution in [2.45, 2.75) is 88.1 Å². The Morgan fingerprint density at radius 2 is 0.767 bits per heavy atom. The maximum atomic E-state index is 9.55. The predicted octanol–water partition coefficient (Wildman–Crippen LogP) is 3.54. The molecule has 8 aliphatic carbocycles. The molecule has 8 saturated carbocycles. The Morgan fingerprint density at radius 3 is 0.900 bits per heavy atom. The van der Waals surface area contributed by atoms with Crippen LogP contribution in [0.2, 0.25) is 0 Å². The van der Waals surface area contributed by atoms with Crippen molar-refractivity contribution in [3.05, 3.63) is 12.2 Å². The van der Waals surface area contributed by atoms with Gasteiger partial charge in [-0.1, -0.05) is 0 Å². The highest BCUT2D eigenvalue weighted by atomic mass is 16.4. The van der Waals surface area contributed by atoms with Crippen LogP contribution in [0.15, 0.2) is 12.2 Å². The highest BCUT2D eigenvalue weighted by Gasteiger charge is 2.49. The van der Waals surface area contributed by atoms with E-state index in [0.29, 0.717) is 23.2 Å². The summed E-state index contributed by atoms with van der Waals surface area (Å²) in [5.41, 5.74) is 13.2. The average molecular weight is 419 g/mol. The van der Waals surface area contributed by atoms with Gasteiger partial charge in [0.2, 0.25) is 0 Å². The molecule has 6 nitrogen and oxygen atoms in total. The zero-order valence-corrected chi connectivity index (χ0v) is 18.0. The second-order valence-corrected chi connectivity index (χ2v) is 11.6. The molecule has 8 aliphatic rings. The highest BCUT2D eigenvalue weighted by Crippen LogP contribution is 2.55. The first-order valence-electron chi connectivity index (χ1n) is 11.8. The van der Waals surface area contributed by atoms with Crippen LogP contribution in [0.25, 0.3) is 0 Å². The molecule has 0 aromatic carbocycles. The molecule has 0 spiro atoms. The van der Waals surface area contributed by atoms with Gasteiger partial charge in [-0.25, -0.2) is 9.59 Å². The molecule has 0 heterocycles. The van der Waals surface area contributed by atoms with Gasteiger partial charge in [-0.15, -0.1) is 0 Å². The molecule has 0 atom stereocenters. The Kier molecular flexibility index (Phi) is 6.01. The molecule has 0 aliphatic heterocycles. The van der Waals surface area contributed by atoms with Gasteiger partial charge < -0.3 is 21.7 Å². The maximum absolute atomic E-state index is 9.55. The van der Waals surface area contributed by atoms with Crippen LogP contribution >= 0.6 is 0 Å². The summed E-state index contributed by atoms with van der Waals surface area (Å²) in [6, 6.07) is 0. The number of aliphatic carboxylic acids is 2. The fourth-order valence-corrected chi connectivity index (χ4v) is 8.50. The van der Waals surface area contributed by atoms with Gasteiger partial charge in [0.15, 0.2) is 0 Å². The Balaban J connectivity index is 0.000000111. The molecule has 8 fully saturated rings. The number of hydrogen-bond acceptors (Lipinski definition) is 4. The minimum atomic E-state index is -1.26. The van der Waals surface area contributed by atoms with Crippen LogP contribution in [0.3, 0.4) is 0 Å². The van der Waals surface area contributed by atoms with Gasteiger partial charge in [0.25, 0.3) is 0 Å². The predicted molar refractivity (Wildman–Crippen MR) is 115 cm³/mol. The van der Waals surface area contributed by atoms with E-state index in [1.54, 1.807) is 0 Å². The van der Waals surface area contributed by atoms with E-state index in [2.05, 4.69) is 0 Å². The quantitative estimate of drug-likeness (QED) is 0.508. The van der Waals surface area contributed by atoms with E-state index in [-0.39, 0.29) is 0 Å². The summed E-state index contributed by atoms with van der Waals surface area (Å²) in [5.74, 6) is 3.60. The molecule has 30 heavy (non-hydrogen) atoms. The number of hydrogen-bond donors (Lipinski definition) is 4. The Morgan fingerprint density at radius 1 is 0.567 bits per heavy atom.